The Kier molecular flexibility index (Phi) is 9.12. The second kappa shape index (κ2) is 13.3. The molecule has 13 heteroatoms. The topological polar surface area (TPSA) is 103 Å². The number of nitrogens with zero attached hydrogens (tertiary/aromatic N) is 3. The first-order chi connectivity index (χ1) is 23.4. The molecule has 2 aromatic heterocycles. The molecule has 1 aliphatic rings. The van der Waals surface area contributed by atoms with Crippen LogP contribution in [0.3, 0.4) is 0 Å². The summed E-state index contributed by atoms with van der Waals surface area (Å²) in [6.07, 6.45) is -1.36. The molecule has 1 N–H and O–H groups in total. The van der Waals surface area contributed by atoms with Gasteiger partial charge in [-0.15, -0.1) is 0 Å². The fourth-order valence-electron chi connectivity index (χ4n) is 6.44. The molecule has 1 amide bonds. The molecule has 6 rings (SSSR count). The number of ether oxygens (including phenoxy) is 2. The second-order valence-electron chi connectivity index (χ2n) is 11.9. The number of carbonyl (C=O) groups is 2. The zero-order valence-electron chi connectivity index (χ0n) is 26.8. The number of benzene rings is 3. The Morgan fingerprint density at radius 3 is 2.55 bits per heavy atom. The van der Waals surface area contributed by atoms with Crippen LogP contribution in [-0.4, -0.2) is 66.6 Å². The number of morpholine rings is 1. The Morgan fingerprint density at radius 2 is 1.84 bits per heavy atom. The van der Waals surface area contributed by atoms with Gasteiger partial charge in [-0.1, -0.05) is 36.4 Å². The van der Waals surface area contributed by atoms with Crippen molar-refractivity contribution in [2.75, 3.05) is 31.8 Å². The van der Waals surface area contributed by atoms with Crippen molar-refractivity contribution in [3.05, 3.63) is 106 Å². The summed E-state index contributed by atoms with van der Waals surface area (Å²) in [5, 5.41) is 4.79. The summed E-state index contributed by atoms with van der Waals surface area (Å²) in [7, 11) is 2.85. The molecule has 5 aromatic rings. The monoisotopic (exact) mass is 676 g/mol. The Balaban J connectivity index is 1.32. The molecule has 49 heavy (non-hydrogen) atoms. The molecule has 3 heterocycles. The van der Waals surface area contributed by atoms with Crippen LogP contribution in [0.25, 0.3) is 32.8 Å². The number of nitrogens with one attached hydrogen (secondary N) is 1. The van der Waals surface area contributed by atoms with Gasteiger partial charge in [-0.25, -0.2) is 9.18 Å². The number of hydrogen-bond acceptors (Lipinski definition) is 7. The molecule has 9 nitrogen and oxygen atoms in total. The van der Waals surface area contributed by atoms with Crippen LogP contribution in [0.4, 0.5) is 23.2 Å². The summed E-state index contributed by atoms with van der Waals surface area (Å²) in [5.74, 6) is -2.75. The molecule has 254 valence electrons. The average Bonchev–Trinajstić information content (AvgIpc) is 3.08. The van der Waals surface area contributed by atoms with Crippen molar-refractivity contribution in [2.24, 2.45) is 7.05 Å². The maximum absolute atomic E-state index is 15.5. The summed E-state index contributed by atoms with van der Waals surface area (Å²) >= 11 is 0. The van der Waals surface area contributed by atoms with Crippen molar-refractivity contribution in [1.29, 1.82) is 0 Å². The molecule has 2 atom stereocenters. The van der Waals surface area contributed by atoms with Crippen LogP contribution in [0.1, 0.15) is 21.5 Å². The van der Waals surface area contributed by atoms with E-state index in [1.165, 1.54) is 13.0 Å². The Hall–Kier alpha value is -5.30. The van der Waals surface area contributed by atoms with E-state index < -0.39 is 48.1 Å². The summed E-state index contributed by atoms with van der Waals surface area (Å²) < 4.78 is 68.1. The number of amides is 1. The lowest BCUT2D eigenvalue weighted by Crippen LogP contribution is -2.53. The predicted octanol–water partition coefficient (Wildman–Crippen LogP) is 5.48. The van der Waals surface area contributed by atoms with Gasteiger partial charge >= 0.3 is 12.1 Å². The highest BCUT2D eigenvalue weighted by Crippen LogP contribution is 2.34. The first kappa shape index (κ1) is 33.6. The van der Waals surface area contributed by atoms with Crippen molar-refractivity contribution in [2.45, 2.75) is 31.6 Å². The molecule has 0 unspecified atom stereocenters. The molecular formula is C36H32F4N4O5. The molecule has 0 bridgehead atoms. The van der Waals surface area contributed by atoms with Gasteiger partial charge in [0, 0.05) is 49.0 Å². The summed E-state index contributed by atoms with van der Waals surface area (Å²) in [5.41, 5.74) is 1.93. The number of carbonyl (C=O) groups excluding carboxylic acids is 2. The van der Waals surface area contributed by atoms with E-state index in [-0.39, 0.29) is 36.4 Å². The van der Waals surface area contributed by atoms with Gasteiger partial charge in [0.15, 0.2) is 0 Å². The molecule has 0 saturated carbocycles. The molecule has 3 aromatic carbocycles. The van der Waals surface area contributed by atoms with Gasteiger partial charge in [0.25, 0.3) is 11.5 Å². The number of pyridine rings is 2. The van der Waals surface area contributed by atoms with E-state index in [1.807, 2.05) is 24.3 Å². The normalized spacial score (nSPS) is 15.7. The van der Waals surface area contributed by atoms with Crippen LogP contribution in [0.15, 0.2) is 77.9 Å². The predicted molar refractivity (Wildman–Crippen MR) is 176 cm³/mol. The lowest BCUT2D eigenvalue weighted by atomic mass is 9.92. The Morgan fingerprint density at radius 1 is 1.08 bits per heavy atom. The van der Waals surface area contributed by atoms with Gasteiger partial charge in [-0.3, -0.25) is 14.6 Å². The number of rotatable bonds is 7. The van der Waals surface area contributed by atoms with Gasteiger partial charge in [0.05, 0.1) is 31.4 Å². The first-order valence-electron chi connectivity index (χ1n) is 15.4. The summed E-state index contributed by atoms with van der Waals surface area (Å²) in [6, 6.07) is 13.4. The van der Waals surface area contributed by atoms with Crippen LogP contribution in [-0.2, 0) is 27.7 Å². The molecule has 1 aliphatic heterocycles. The lowest BCUT2D eigenvalue weighted by Gasteiger charge is -2.38. The van der Waals surface area contributed by atoms with Gasteiger partial charge in [0.1, 0.15) is 17.9 Å². The maximum atomic E-state index is 15.5. The number of aryl methyl sites for hydroxylation is 2. The molecule has 0 radical (unpaired) electrons. The highest BCUT2D eigenvalue weighted by atomic mass is 19.4. The van der Waals surface area contributed by atoms with Gasteiger partial charge in [-0.2, -0.15) is 13.2 Å². The number of fused-ring (bicyclic) bond motifs is 2. The third-order valence-corrected chi connectivity index (χ3v) is 8.88. The molecular weight excluding hydrogens is 644 g/mol. The van der Waals surface area contributed by atoms with Crippen molar-refractivity contribution in [3.63, 3.8) is 0 Å². The Labute approximate surface area is 278 Å². The van der Waals surface area contributed by atoms with E-state index in [2.05, 4.69) is 10.3 Å². The minimum Gasteiger partial charge on any atom is -0.467 e. The fourth-order valence-corrected chi connectivity index (χ4v) is 6.44. The number of hydrogen-bond donors (Lipinski definition) is 1. The van der Waals surface area contributed by atoms with Crippen LogP contribution < -0.4 is 15.8 Å². The van der Waals surface area contributed by atoms with Crippen LogP contribution in [0.5, 0.6) is 0 Å². The van der Waals surface area contributed by atoms with Crippen LogP contribution in [0.2, 0.25) is 0 Å². The van der Waals surface area contributed by atoms with Gasteiger partial charge in [-0.05, 0) is 58.7 Å². The quantitative estimate of drug-likeness (QED) is 0.180. The molecule has 0 spiro atoms. The van der Waals surface area contributed by atoms with Crippen molar-refractivity contribution >= 4 is 39.2 Å². The van der Waals surface area contributed by atoms with E-state index >= 15 is 4.39 Å². The standard InChI is InChI=1S/C36H32F4N4O5/c1-20-14-23(44-12-13-49-19-31(44)36(38,39)40)17-28(37)32(20)33(45)42-29(35(47)48-3)16-21-8-9-26(25-7-5-4-6-24(21)25)27-15-22-18-41-11-10-30(22)43(2)34(27)46/h4-11,14-15,17-18,29,31H,12-13,16,19H2,1-3H3,(H,42,45)/t29-,31+/m0/s1. The smallest absolute Gasteiger partial charge is 0.411 e. The number of halogens is 4. The number of methoxy groups -OCH3 is 1. The number of aromatic nitrogens is 2. The zero-order valence-corrected chi connectivity index (χ0v) is 26.8. The third-order valence-electron chi connectivity index (χ3n) is 8.88. The van der Waals surface area contributed by atoms with E-state index in [0.717, 1.165) is 34.4 Å². The van der Waals surface area contributed by atoms with Crippen molar-refractivity contribution in [3.8, 4) is 11.1 Å². The van der Waals surface area contributed by atoms with Gasteiger partial charge < -0.3 is 24.3 Å². The summed E-state index contributed by atoms with van der Waals surface area (Å²) in [4.78, 5) is 45.1. The Bertz CT molecular complexity index is 2130. The maximum Gasteiger partial charge on any atom is 0.411 e. The van der Waals surface area contributed by atoms with E-state index in [9.17, 15) is 27.6 Å². The van der Waals surface area contributed by atoms with Crippen molar-refractivity contribution in [1.82, 2.24) is 14.9 Å². The molecule has 0 aliphatic carbocycles. The largest absolute Gasteiger partial charge is 0.467 e. The second-order valence-corrected chi connectivity index (χ2v) is 11.9. The van der Waals surface area contributed by atoms with E-state index in [0.29, 0.717) is 22.1 Å². The summed E-state index contributed by atoms with van der Waals surface area (Å²) in [6.45, 7) is 0.733. The molecule has 1 saturated heterocycles. The van der Waals surface area contributed by atoms with Crippen LogP contribution >= 0.6 is 0 Å². The van der Waals surface area contributed by atoms with Crippen LogP contribution in [0, 0.1) is 12.7 Å². The van der Waals surface area contributed by atoms with E-state index in [4.69, 9.17) is 9.47 Å². The SMILES string of the molecule is COC(=O)[C@H](Cc1ccc(-c2cc3cnccc3n(C)c2=O)c2ccccc12)NC(=O)c1c(C)cc(N2CCOC[C@@H]2C(F)(F)F)cc1F. The highest BCUT2D eigenvalue weighted by molar-refractivity contribution is 6.01. The van der Waals surface area contributed by atoms with Crippen molar-refractivity contribution < 1.29 is 36.6 Å². The number of esters is 1. The van der Waals surface area contributed by atoms with Gasteiger partial charge in [0.2, 0.25) is 0 Å². The fraction of sp³-hybridized carbons (Fsp3) is 0.278. The zero-order chi connectivity index (χ0) is 35.0. The first-order valence-corrected chi connectivity index (χ1v) is 15.4. The minimum absolute atomic E-state index is 0.0301. The highest BCUT2D eigenvalue weighted by Gasteiger charge is 2.45. The molecule has 1 fully saturated rings. The number of anilines is 1. The third kappa shape index (κ3) is 6.45. The average molecular weight is 677 g/mol. The van der Waals surface area contributed by atoms with E-state index in [1.54, 1.807) is 48.3 Å². The minimum atomic E-state index is -4.61. The lowest BCUT2D eigenvalue weighted by molar-refractivity contribution is -0.167. The number of alkyl halides is 3.